The highest BCUT2D eigenvalue weighted by Gasteiger charge is 2.39. The van der Waals surface area contributed by atoms with Crippen molar-refractivity contribution in [2.75, 3.05) is 0 Å². The lowest BCUT2D eigenvalue weighted by atomic mass is 10.1. The van der Waals surface area contributed by atoms with E-state index in [-0.39, 0.29) is 22.5 Å². The average molecular weight is 284 g/mol. The predicted molar refractivity (Wildman–Crippen MR) is 67.7 cm³/mol. The first-order valence-corrected chi connectivity index (χ1v) is 5.89. The van der Waals surface area contributed by atoms with Crippen LogP contribution in [0.5, 0.6) is 0 Å². The summed E-state index contributed by atoms with van der Waals surface area (Å²) in [5.41, 5.74) is 5.09. The molecule has 0 aromatic heterocycles. The number of thiocarbonyl (C=S) groups is 1. The molecule has 1 heterocycles. The molecule has 2 rings (SSSR count). The second-order valence-electron chi connectivity index (χ2n) is 4.31. The first-order valence-electron chi connectivity index (χ1n) is 5.48. The topological polar surface area (TPSA) is 63.4 Å². The standard InChI is InChI=1S/C12H10F2N2O2S/c1-5(2-10(15)19)16-11(17)6-3-8(13)9(14)4-7(6)12(16)18/h3-5H,2H2,1H3,(H2,15,19). The Morgan fingerprint density at radius 2 is 1.68 bits per heavy atom. The molecule has 2 amide bonds. The van der Waals surface area contributed by atoms with Gasteiger partial charge in [-0.25, -0.2) is 8.78 Å². The minimum Gasteiger partial charge on any atom is -0.393 e. The van der Waals surface area contributed by atoms with Crippen molar-refractivity contribution in [1.29, 1.82) is 0 Å². The van der Waals surface area contributed by atoms with Gasteiger partial charge in [0.1, 0.15) is 0 Å². The van der Waals surface area contributed by atoms with Crippen LogP contribution in [0, 0.1) is 11.6 Å². The van der Waals surface area contributed by atoms with Crippen LogP contribution in [0.25, 0.3) is 0 Å². The normalized spacial score (nSPS) is 15.6. The van der Waals surface area contributed by atoms with E-state index < -0.39 is 29.5 Å². The SMILES string of the molecule is CC(CC(N)=S)N1C(=O)c2cc(F)c(F)cc2C1=O. The molecule has 1 aromatic carbocycles. The molecule has 0 fully saturated rings. The van der Waals surface area contributed by atoms with Gasteiger partial charge >= 0.3 is 0 Å². The summed E-state index contributed by atoms with van der Waals surface area (Å²) in [6.07, 6.45) is 0.158. The molecule has 19 heavy (non-hydrogen) atoms. The molecular formula is C12H10F2N2O2S. The van der Waals surface area contributed by atoms with Crippen LogP contribution in [0.15, 0.2) is 12.1 Å². The van der Waals surface area contributed by atoms with Crippen molar-refractivity contribution in [3.8, 4) is 0 Å². The number of rotatable bonds is 3. The molecule has 0 aliphatic carbocycles. The van der Waals surface area contributed by atoms with Crippen molar-refractivity contribution in [3.05, 3.63) is 34.9 Å². The van der Waals surface area contributed by atoms with E-state index in [1.54, 1.807) is 6.92 Å². The maximum Gasteiger partial charge on any atom is 0.261 e. The van der Waals surface area contributed by atoms with Crippen LogP contribution in [-0.4, -0.2) is 27.7 Å². The summed E-state index contributed by atoms with van der Waals surface area (Å²) in [5.74, 6) is -3.65. The Morgan fingerprint density at radius 3 is 2.05 bits per heavy atom. The molecule has 100 valence electrons. The number of carbonyl (C=O) groups is 2. The van der Waals surface area contributed by atoms with E-state index in [1.807, 2.05) is 0 Å². The number of amides is 2. The van der Waals surface area contributed by atoms with E-state index in [0.29, 0.717) is 0 Å². The van der Waals surface area contributed by atoms with Gasteiger partial charge in [0.2, 0.25) is 0 Å². The maximum absolute atomic E-state index is 13.1. The first kappa shape index (κ1) is 13.5. The Hall–Kier alpha value is -1.89. The second-order valence-corrected chi connectivity index (χ2v) is 4.84. The zero-order chi connectivity index (χ0) is 14.3. The number of halogens is 2. The van der Waals surface area contributed by atoms with Crippen LogP contribution in [-0.2, 0) is 0 Å². The third-order valence-electron chi connectivity index (χ3n) is 2.90. The largest absolute Gasteiger partial charge is 0.393 e. The number of hydrogen-bond donors (Lipinski definition) is 1. The zero-order valence-corrected chi connectivity index (χ0v) is 10.8. The lowest BCUT2D eigenvalue weighted by Gasteiger charge is -2.21. The zero-order valence-electron chi connectivity index (χ0n) is 9.94. The number of nitrogens with two attached hydrogens (primary N) is 1. The molecule has 1 aliphatic heterocycles. The summed E-state index contributed by atoms with van der Waals surface area (Å²) in [6.45, 7) is 1.59. The number of hydrogen-bond acceptors (Lipinski definition) is 3. The van der Waals surface area contributed by atoms with Crippen LogP contribution >= 0.6 is 12.2 Å². The molecule has 0 radical (unpaired) electrons. The molecule has 0 spiro atoms. The summed E-state index contributed by atoms with van der Waals surface area (Å²) in [5, 5.41) is 0. The van der Waals surface area contributed by atoms with Crippen LogP contribution in [0.4, 0.5) is 8.78 Å². The Bertz CT molecular complexity index is 563. The van der Waals surface area contributed by atoms with E-state index in [0.717, 1.165) is 17.0 Å². The van der Waals surface area contributed by atoms with E-state index in [2.05, 4.69) is 0 Å². The molecule has 4 nitrogen and oxygen atoms in total. The number of imide groups is 1. The molecule has 7 heteroatoms. The molecule has 1 unspecified atom stereocenters. The van der Waals surface area contributed by atoms with Crippen molar-refractivity contribution in [2.45, 2.75) is 19.4 Å². The minimum absolute atomic E-state index is 0.140. The molecule has 0 saturated heterocycles. The lowest BCUT2D eigenvalue weighted by Crippen LogP contribution is -2.39. The monoisotopic (exact) mass is 284 g/mol. The Labute approximate surface area is 113 Å². The summed E-state index contributed by atoms with van der Waals surface area (Å²) >= 11 is 4.72. The lowest BCUT2D eigenvalue weighted by molar-refractivity contribution is 0.0601. The molecule has 2 N–H and O–H groups in total. The molecule has 0 bridgehead atoms. The van der Waals surface area contributed by atoms with Crippen LogP contribution in [0.2, 0.25) is 0 Å². The van der Waals surface area contributed by atoms with Gasteiger partial charge in [-0.2, -0.15) is 0 Å². The van der Waals surface area contributed by atoms with Crippen molar-refractivity contribution < 1.29 is 18.4 Å². The number of fused-ring (bicyclic) bond motifs is 1. The minimum atomic E-state index is -1.16. The van der Waals surface area contributed by atoms with Crippen LogP contribution < -0.4 is 5.73 Å². The fraction of sp³-hybridized carbons (Fsp3) is 0.250. The highest BCUT2D eigenvalue weighted by atomic mass is 32.1. The summed E-state index contributed by atoms with van der Waals surface area (Å²) < 4.78 is 26.2. The van der Waals surface area contributed by atoms with Crippen LogP contribution in [0.3, 0.4) is 0 Å². The summed E-state index contributed by atoms with van der Waals surface area (Å²) in [6, 6.07) is 0.910. The fourth-order valence-electron chi connectivity index (χ4n) is 2.04. The molecule has 1 aromatic rings. The second kappa shape index (κ2) is 4.65. The highest BCUT2D eigenvalue weighted by Crippen LogP contribution is 2.27. The van der Waals surface area contributed by atoms with Gasteiger partial charge < -0.3 is 5.73 Å². The number of benzene rings is 1. The van der Waals surface area contributed by atoms with Gasteiger partial charge in [-0.3, -0.25) is 14.5 Å². The first-order chi connectivity index (χ1) is 8.82. The quantitative estimate of drug-likeness (QED) is 0.677. The molecular weight excluding hydrogens is 274 g/mol. The smallest absolute Gasteiger partial charge is 0.261 e. The van der Waals surface area contributed by atoms with Gasteiger partial charge in [-0.1, -0.05) is 12.2 Å². The van der Waals surface area contributed by atoms with Crippen molar-refractivity contribution in [3.63, 3.8) is 0 Å². The van der Waals surface area contributed by atoms with Crippen molar-refractivity contribution in [1.82, 2.24) is 4.90 Å². The highest BCUT2D eigenvalue weighted by molar-refractivity contribution is 7.80. The van der Waals surface area contributed by atoms with Gasteiger partial charge in [-0.15, -0.1) is 0 Å². The number of nitrogens with zero attached hydrogens (tertiary/aromatic N) is 1. The van der Waals surface area contributed by atoms with Gasteiger partial charge in [0.25, 0.3) is 11.8 Å². The van der Waals surface area contributed by atoms with E-state index >= 15 is 0 Å². The van der Waals surface area contributed by atoms with Crippen LogP contribution in [0.1, 0.15) is 34.1 Å². The van der Waals surface area contributed by atoms with E-state index in [4.69, 9.17) is 18.0 Å². The Morgan fingerprint density at radius 1 is 1.26 bits per heavy atom. The van der Waals surface area contributed by atoms with E-state index in [1.165, 1.54) is 0 Å². The van der Waals surface area contributed by atoms with Crippen molar-refractivity contribution in [2.24, 2.45) is 5.73 Å². The van der Waals surface area contributed by atoms with Gasteiger partial charge in [0, 0.05) is 12.5 Å². The van der Waals surface area contributed by atoms with Gasteiger partial charge in [-0.05, 0) is 19.1 Å². The van der Waals surface area contributed by atoms with Gasteiger partial charge in [0.05, 0.1) is 16.1 Å². The van der Waals surface area contributed by atoms with Crippen molar-refractivity contribution >= 4 is 29.0 Å². The van der Waals surface area contributed by atoms with E-state index in [9.17, 15) is 18.4 Å². The third kappa shape index (κ3) is 2.21. The third-order valence-corrected chi connectivity index (χ3v) is 3.06. The number of carbonyl (C=O) groups excluding carboxylic acids is 2. The van der Waals surface area contributed by atoms with Gasteiger partial charge in [0.15, 0.2) is 11.6 Å². The molecule has 1 atom stereocenters. The Kier molecular flexibility index (Phi) is 3.32. The molecule has 1 aliphatic rings. The summed E-state index contributed by atoms with van der Waals surface area (Å²) in [7, 11) is 0. The Balaban J connectivity index is 2.41. The molecule has 0 saturated carbocycles. The average Bonchev–Trinajstić information content (AvgIpc) is 2.52. The predicted octanol–water partition coefficient (Wildman–Crippen LogP) is 1.63. The fourth-order valence-corrected chi connectivity index (χ4v) is 2.28. The maximum atomic E-state index is 13.1. The summed E-state index contributed by atoms with van der Waals surface area (Å²) in [4.78, 5) is 25.1.